The van der Waals surface area contributed by atoms with Crippen LogP contribution in [-0.2, 0) is 37.3 Å². The van der Waals surface area contributed by atoms with Gasteiger partial charge >= 0.3 is 7.75 Å². The van der Waals surface area contributed by atoms with Crippen molar-refractivity contribution in [1.29, 1.82) is 0 Å². The van der Waals surface area contributed by atoms with Crippen LogP contribution in [0.15, 0.2) is 0 Å². The van der Waals surface area contributed by atoms with Crippen LogP contribution in [0.4, 0.5) is 0 Å². The SMILES string of the molecule is [B]C1CC(OP(=O)(OCC2OC([B])C[C@@H]2OC)N2CCOCC2)C(COC)O1. The van der Waals surface area contributed by atoms with Gasteiger partial charge in [0.15, 0.2) is 0 Å². The van der Waals surface area contributed by atoms with Crippen LogP contribution in [0.1, 0.15) is 12.8 Å². The standard InChI is InChI=1S/C16H28B2NO8P/c1-21-9-13-12(8-16(18)25-13)27-28(20,19-3-5-23-6-4-19)24-10-14-11(22-2)7-15(17)26-14/h11-16H,3-10H2,1-2H3/t11-,12?,13?,14?,15?,16?,28?/m0/s1. The van der Waals surface area contributed by atoms with Gasteiger partial charge in [0.1, 0.15) is 27.9 Å². The lowest BCUT2D eigenvalue weighted by molar-refractivity contribution is -0.0386. The summed E-state index contributed by atoms with van der Waals surface area (Å²) in [6, 6.07) is -0.938. The van der Waals surface area contributed by atoms with E-state index in [9.17, 15) is 4.57 Å². The first kappa shape index (κ1) is 22.7. The third-order valence-electron chi connectivity index (χ3n) is 5.10. The minimum Gasteiger partial charge on any atom is -0.382 e. The molecule has 3 heterocycles. The highest BCUT2D eigenvalue weighted by molar-refractivity contribution is 7.51. The van der Waals surface area contributed by atoms with Crippen molar-refractivity contribution in [2.45, 2.75) is 49.3 Å². The summed E-state index contributed by atoms with van der Waals surface area (Å²) in [4.78, 5) is 0. The Balaban J connectivity index is 1.69. The zero-order chi connectivity index (χ0) is 20.1. The second kappa shape index (κ2) is 10.4. The summed E-state index contributed by atoms with van der Waals surface area (Å²) in [6.45, 7) is 2.09. The van der Waals surface area contributed by atoms with E-state index in [0.717, 1.165) is 0 Å². The van der Waals surface area contributed by atoms with Crippen LogP contribution in [0.5, 0.6) is 0 Å². The number of nitrogens with zero attached hydrogens (tertiary/aromatic N) is 1. The first-order valence-corrected chi connectivity index (χ1v) is 11.0. The fourth-order valence-electron chi connectivity index (χ4n) is 3.63. The number of methoxy groups -OCH3 is 2. The third kappa shape index (κ3) is 5.59. The molecule has 0 saturated carbocycles. The monoisotopic (exact) mass is 415 g/mol. The molecular weight excluding hydrogens is 387 g/mol. The van der Waals surface area contributed by atoms with E-state index in [4.69, 9.17) is 48.4 Å². The molecule has 12 heteroatoms. The molecule has 0 aromatic rings. The molecule has 0 amide bonds. The van der Waals surface area contributed by atoms with E-state index >= 15 is 0 Å². The molecule has 28 heavy (non-hydrogen) atoms. The maximum absolute atomic E-state index is 13.8. The van der Waals surface area contributed by atoms with E-state index in [1.165, 1.54) is 0 Å². The molecule has 6 unspecified atom stereocenters. The van der Waals surface area contributed by atoms with Gasteiger partial charge in [0, 0.05) is 39.3 Å². The number of hydrogen-bond donors (Lipinski definition) is 0. The molecule has 7 atom stereocenters. The number of morpholine rings is 1. The number of rotatable bonds is 9. The van der Waals surface area contributed by atoms with Gasteiger partial charge in [-0.05, 0) is 12.8 Å². The molecule has 3 rings (SSSR count). The van der Waals surface area contributed by atoms with Crippen LogP contribution in [0.25, 0.3) is 0 Å². The van der Waals surface area contributed by atoms with Gasteiger partial charge in [0.05, 0.1) is 38.6 Å². The lowest BCUT2D eigenvalue weighted by Gasteiger charge is -2.35. The predicted octanol–water partition coefficient (Wildman–Crippen LogP) is 0.0569. The minimum atomic E-state index is -3.65. The van der Waals surface area contributed by atoms with Crippen LogP contribution in [0, 0.1) is 0 Å². The Morgan fingerprint density at radius 3 is 2.21 bits per heavy atom. The van der Waals surface area contributed by atoms with Crippen molar-refractivity contribution >= 4 is 23.4 Å². The number of ether oxygens (including phenoxy) is 5. The van der Waals surface area contributed by atoms with Crippen molar-refractivity contribution in [1.82, 2.24) is 4.67 Å². The van der Waals surface area contributed by atoms with Crippen LogP contribution in [-0.4, -0.2) is 111 Å². The van der Waals surface area contributed by atoms with E-state index in [-0.39, 0.29) is 19.3 Å². The average Bonchev–Trinajstić information content (AvgIpc) is 3.22. The molecule has 3 saturated heterocycles. The fourth-order valence-corrected chi connectivity index (χ4v) is 5.54. The molecule has 4 radical (unpaired) electrons. The fraction of sp³-hybridized carbons (Fsp3) is 1.00. The van der Waals surface area contributed by atoms with Gasteiger partial charge in [-0.2, -0.15) is 0 Å². The van der Waals surface area contributed by atoms with E-state index in [1.54, 1.807) is 18.9 Å². The summed E-state index contributed by atoms with van der Waals surface area (Å²) in [7, 11) is 11.2. The van der Waals surface area contributed by atoms with Gasteiger partial charge in [-0.15, -0.1) is 0 Å². The first-order chi connectivity index (χ1) is 13.4. The summed E-state index contributed by atoms with van der Waals surface area (Å²) in [5, 5.41) is 0. The minimum absolute atomic E-state index is 0.0371. The predicted molar refractivity (Wildman–Crippen MR) is 102 cm³/mol. The Morgan fingerprint density at radius 2 is 1.61 bits per heavy atom. The highest BCUT2D eigenvalue weighted by Crippen LogP contribution is 2.55. The molecule has 0 bridgehead atoms. The lowest BCUT2D eigenvalue weighted by Crippen LogP contribution is -2.39. The zero-order valence-corrected chi connectivity index (χ0v) is 17.3. The summed E-state index contributed by atoms with van der Waals surface area (Å²) in [6.07, 6.45) is -0.618. The average molecular weight is 415 g/mol. The molecule has 0 aliphatic carbocycles. The highest BCUT2D eigenvalue weighted by Gasteiger charge is 2.44. The highest BCUT2D eigenvalue weighted by atomic mass is 31.2. The molecule has 3 fully saturated rings. The summed E-state index contributed by atoms with van der Waals surface area (Å²) < 4.78 is 54.5. The van der Waals surface area contributed by atoms with E-state index in [0.29, 0.717) is 39.1 Å². The van der Waals surface area contributed by atoms with Crippen LogP contribution in [0.3, 0.4) is 0 Å². The second-order valence-corrected chi connectivity index (χ2v) is 9.07. The van der Waals surface area contributed by atoms with Crippen molar-refractivity contribution < 1.29 is 37.3 Å². The molecule has 0 spiro atoms. The van der Waals surface area contributed by atoms with Gasteiger partial charge in [-0.25, -0.2) is 9.24 Å². The molecule has 0 N–H and O–H groups in total. The molecule has 3 aliphatic rings. The van der Waals surface area contributed by atoms with Crippen molar-refractivity contribution in [3.8, 4) is 0 Å². The Labute approximate surface area is 169 Å². The molecule has 0 aromatic heterocycles. The Bertz CT molecular complexity index is 541. The molecule has 156 valence electrons. The quantitative estimate of drug-likeness (QED) is 0.384. The maximum atomic E-state index is 13.8. The number of hydrogen-bond acceptors (Lipinski definition) is 8. The Morgan fingerprint density at radius 1 is 1.00 bits per heavy atom. The normalized spacial score (nSPS) is 39.2. The molecule has 9 nitrogen and oxygen atoms in total. The largest absolute Gasteiger partial charge is 0.408 e. The zero-order valence-electron chi connectivity index (χ0n) is 16.4. The van der Waals surface area contributed by atoms with Crippen molar-refractivity contribution in [2.75, 3.05) is 53.7 Å². The Hall–Kier alpha value is 0.0399. The van der Waals surface area contributed by atoms with Gasteiger partial charge < -0.3 is 23.7 Å². The molecule has 0 aromatic carbocycles. The summed E-state index contributed by atoms with van der Waals surface area (Å²) >= 11 is 0. The Kier molecular flexibility index (Phi) is 8.42. The summed E-state index contributed by atoms with van der Waals surface area (Å²) in [5.74, 6) is 0. The van der Waals surface area contributed by atoms with Crippen molar-refractivity contribution in [3.05, 3.63) is 0 Å². The molecule has 3 aliphatic heterocycles. The van der Waals surface area contributed by atoms with Crippen molar-refractivity contribution in [2.24, 2.45) is 0 Å². The topological polar surface area (TPSA) is 84.9 Å². The van der Waals surface area contributed by atoms with Crippen LogP contribution >= 0.6 is 7.75 Å². The smallest absolute Gasteiger partial charge is 0.382 e. The van der Waals surface area contributed by atoms with E-state index in [1.807, 2.05) is 0 Å². The maximum Gasteiger partial charge on any atom is 0.408 e. The third-order valence-corrected chi connectivity index (χ3v) is 7.20. The lowest BCUT2D eigenvalue weighted by atomic mass is 9.96. The summed E-state index contributed by atoms with van der Waals surface area (Å²) in [5.41, 5.74) is 0. The van der Waals surface area contributed by atoms with Gasteiger partial charge in [-0.1, -0.05) is 0 Å². The van der Waals surface area contributed by atoms with Crippen LogP contribution in [0.2, 0.25) is 0 Å². The van der Waals surface area contributed by atoms with E-state index in [2.05, 4.69) is 0 Å². The van der Waals surface area contributed by atoms with Crippen LogP contribution < -0.4 is 0 Å². The molecular formula is C16H28B2NO8P. The second-order valence-electron chi connectivity index (χ2n) is 7.10. The van der Waals surface area contributed by atoms with Crippen molar-refractivity contribution in [3.63, 3.8) is 0 Å². The van der Waals surface area contributed by atoms with Gasteiger partial charge in [-0.3, -0.25) is 9.05 Å². The van der Waals surface area contributed by atoms with Gasteiger partial charge in [0.2, 0.25) is 0 Å². The first-order valence-electron chi connectivity index (χ1n) is 9.55. The van der Waals surface area contributed by atoms with Gasteiger partial charge in [0.25, 0.3) is 0 Å². The van der Waals surface area contributed by atoms with E-state index < -0.39 is 38.1 Å².